The van der Waals surface area contributed by atoms with Gasteiger partial charge in [0.2, 0.25) is 0 Å². The molecule has 1 heterocycles. The van der Waals surface area contributed by atoms with Crippen molar-refractivity contribution in [2.75, 3.05) is 6.61 Å². The van der Waals surface area contributed by atoms with Crippen molar-refractivity contribution in [2.24, 2.45) is 0 Å². The van der Waals surface area contributed by atoms with Gasteiger partial charge in [-0.25, -0.2) is 0 Å². The zero-order valence-electron chi connectivity index (χ0n) is 11.4. The van der Waals surface area contributed by atoms with Gasteiger partial charge in [0.25, 0.3) is 0 Å². The molecule has 2 nitrogen and oxygen atoms in total. The molecule has 0 aliphatic carbocycles. The van der Waals surface area contributed by atoms with E-state index in [4.69, 9.17) is 9.31 Å². The van der Waals surface area contributed by atoms with Gasteiger partial charge in [-0.15, -0.1) is 0 Å². The predicted octanol–water partition coefficient (Wildman–Crippen LogP) is 3.29. The third-order valence-corrected chi connectivity index (χ3v) is 3.47. The van der Waals surface area contributed by atoms with Crippen molar-refractivity contribution in [3.05, 3.63) is 29.8 Å². The maximum Gasteiger partial charge on any atom is 0.494 e. The first kappa shape index (κ1) is 13.6. The van der Waals surface area contributed by atoms with Crippen LogP contribution in [0.15, 0.2) is 24.3 Å². The van der Waals surface area contributed by atoms with E-state index in [1.165, 1.54) is 43.1 Å². The van der Waals surface area contributed by atoms with Crippen molar-refractivity contribution in [2.45, 2.75) is 52.1 Å². The van der Waals surface area contributed by atoms with Gasteiger partial charge in [-0.1, -0.05) is 63.3 Å². The van der Waals surface area contributed by atoms with Crippen LogP contribution in [0.2, 0.25) is 0 Å². The average molecular weight is 246 g/mol. The fraction of sp³-hybridized carbons (Fsp3) is 0.600. The Hall–Kier alpha value is -0.795. The van der Waals surface area contributed by atoms with Gasteiger partial charge < -0.3 is 9.31 Å². The molecule has 0 bridgehead atoms. The first-order valence-electron chi connectivity index (χ1n) is 7.23. The van der Waals surface area contributed by atoms with Gasteiger partial charge in [0.05, 0.1) is 6.61 Å². The second-order valence-electron chi connectivity index (χ2n) is 4.98. The minimum Gasteiger partial charge on any atom is -0.407 e. The van der Waals surface area contributed by atoms with E-state index in [-0.39, 0.29) is 7.12 Å². The Morgan fingerprint density at radius 2 is 1.89 bits per heavy atom. The molecule has 0 aromatic heterocycles. The number of unbranched alkanes of at least 4 members (excludes halogenated alkanes) is 5. The molecule has 1 aliphatic rings. The number of benzene rings is 1. The molecule has 1 aromatic carbocycles. The van der Waals surface area contributed by atoms with E-state index in [0.717, 1.165) is 13.0 Å². The van der Waals surface area contributed by atoms with E-state index >= 15 is 0 Å². The number of hydrogen-bond acceptors (Lipinski definition) is 2. The quantitative estimate of drug-likeness (QED) is 0.517. The van der Waals surface area contributed by atoms with Crippen molar-refractivity contribution in [1.29, 1.82) is 0 Å². The minimum absolute atomic E-state index is 0.128. The molecule has 0 atom stereocenters. The fourth-order valence-electron chi connectivity index (χ4n) is 2.36. The Labute approximate surface area is 111 Å². The second kappa shape index (κ2) is 7.60. The molecule has 0 saturated heterocycles. The van der Waals surface area contributed by atoms with Gasteiger partial charge in [-0.2, -0.15) is 0 Å². The zero-order chi connectivity index (χ0) is 12.6. The third-order valence-electron chi connectivity index (χ3n) is 3.47. The molecular formula is C15H23BO2. The van der Waals surface area contributed by atoms with E-state index in [9.17, 15) is 0 Å². The highest BCUT2D eigenvalue weighted by atomic mass is 16.6. The van der Waals surface area contributed by atoms with Gasteiger partial charge in [0.1, 0.15) is 0 Å². The topological polar surface area (TPSA) is 18.5 Å². The molecule has 0 unspecified atom stereocenters. The van der Waals surface area contributed by atoms with Crippen LogP contribution >= 0.6 is 0 Å². The minimum atomic E-state index is -0.128. The van der Waals surface area contributed by atoms with Crippen molar-refractivity contribution in [3.8, 4) is 0 Å². The lowest BCUT2D eigenvalue weighted by molar-refractivity contribution is 0.207. The molecule has 0 amide bonds. The first-order chi connectivity index (χ1) is 8.92. The zero-order valence-corrected chi connectivity index (χ0v) is 11.4. The fourth-order valence-corrected chi connectivity index (χ4v) is 2.36. The molecule has 2 rings (SSSR count). The standard InChI is InChI=1S/C15H23BO2/c1-2-3-4-5-6-9-12-17-16-15-11-8-7-10-14(15)13-18-16/h7-8,10-11H,2-6,9,12-13H2,1H3. The highest BCUT2D eigenvalue weighted by molar-refractivity contribution is 6.62. The summed E-state index contributed by atoms with van der Waals surface area (Å²) >= 11 is 0. The SMILES string of the molecule is CCCCCCCCOB1OCc2ccccc21. The second-order valence-corrected chi connectivity index (χ2v) is 4.98. The maximum atomic E-state index is 5.81. The van der Waals surface area contributed by atoms with Gasteiger partial charge >= 0.3 is 7.12 Å². The van der Waals surface area contributed by atoms with Crippen molar-refractivity contribution in [3.63, 3.8) is 0 Å². The molecule has 98 valence electrons. The van der Waals surface area contributed by atoms with Crippen LogP contribution in [0, 0.1) is 0 Å². The number of fused-ring (bicyclic) bond motifs is 1. The molecule has 0 radical (unpaired) electrons. The summed E-state index contributed by atoms with van der Waals surface area (Å²) in [6, 6.07) is 8.32. The van der Waals surface area contributed by atoms with Crippen LogP contribution in [0.1, 0.15) is 51.0 Å². The largest absolute Gasteiger partial charge is 0.494 e. The molecule has 1 aromatic rings. The van der Waals surface area contributed by atoms with Crippen molar-refractivity contribution >= 4 is 12.6 Å². The average Bonchev–Trinajstić information content (AvgIpc) is 2.81. The van der Waals surface area contributed by atoms with Gasteiger partial charge in [0.15, 0.2) is 0 Å². The predicted molar refractivity (Wildman–Crippen MR) is 75.9 cm³/mol. The first-order valence-corrected chi connectivity index (χ1v) is 7.23. The van der Waals surface area contributed by atoms with Crippen LogP contribution in [0.5, 0.6) is 0 Å². The Balaban J connectivity index is 1.61. The van der Waals surface area contributed by atoms with Crippen LogP contribution < -0.4 is 5.46 Å². The molecule has 1 aliphatic heterocycles. The molecule has 3 heteroatoms. The van der Waals surface area contributed by atoms with Crippen LogP contribution in [0.25, 0.3) is 0 Å². The summed E-state index contributed by atoms with van der Waals surface area (Å²) < 4.78 is 11.5. The van der Waals surface area contributed by atoms with Crippen molar-refractivity contribution in [1.82, 2.24) is 0 Å². The highest BCUT2D eigenvalue weighted by Gasteiger charge is 2.29. The lowest BCUT2D eigenvalue weighted by Crippen LogP contribution is -2.32. The number of rotatable bonds is 8. The van der Waals surface area contributed by atoms with Crippen molar-refractivity contribution < 1.29 is 9.31 Å². The molecule has 0 spiro atoms. The van der Waals surface area contributed by atoms with Gasteiger partial charge in [0, 0.05) is 6.61 Å². The van der Waals surface area contributed by atoms with Crippen LogP contribution in [0.4, 0.5) is 0 Å². The van der Waals surface area contributed by atoms with E-state index in [2.05, 4.69) is 31.2 Å². The molecule has 0 fully saturated rings. The van der Waals surface area contributed by atoms with Gasteiger partial charge in [-0.3, -0.25) is 0 Å². The third kappa shape index (κ3) is 3.86. The van der Waals surface area contributed by atoms with E-state index in [0.29, 0.717) is 6.61 Å². The monoisotopic (exact) mass is 246 g/mol. The lowest BCUT2D eigenvalue weighted by Gasteiger charge is -2.08. The summed E-state index contributed by atoms with van der Waals surface area (Å²) in [5.41, 5.74) is 2.48. The Bertz CT molecular complexity index is 354. The maximum absolute atomic E-state index is 5.81. The molecule has 18 heavy (non-hydrogen) atoms. The van der Waals surface area contributed by atoms with Crippen LogP contribution in [-0.4, -0.2) is 13.7 Å². The molecule has 0 saturated carbocycles. The Morgan fingerprint density at radius 3 is 2.78 bits per heavy atom. The smallest absolute Gasteiger partial charge is 0.407 e. The van der Waals surface area contributed by atoms with E-state index in [1.54, 1.807) is 0 Å². The summed E-state index contributed by atoms with van der Waals surface area (Å²) in [4.78, 5) is 0. The number of hydrogen-bond donors (Lipinski definition) is 0. The summed E-state index contributed by atoms with van der Waals surface area (Å²) in [6.45, 7) is 3.75. The van der Waals surface area contributed by atoms with E-state index in [1.807, 2.05) is 0 Å². The summed E-state index contributed by atoms with van der Waals surface area (Å²) in [7, 11) is -0.128. The Morgan fingerprint density at radius 1 is 1.11 bits per heavy atom. The lowest BCUT2D eigenvalue weighted by atomic mass is 9.79. The summed E-state index contributed by atoms with van der Waals surface area (Å²) in [5.74, 6) is 0. The van der Waals surface area contributed by atoms with E-state index < -0.39 is 0 Å². The summed E-state index contributed by atoms with van der Waals surface area (Å²) in [6.07, 6.45) is 7.78. The van der Waals surface area contributed by atoms with Crippen LogP contribution in [0.3, 0.4) is 0 Å². The highest BCUT2D eigenvalue weighted by Crippen LogP contribution is 2.12. The molecule has 0 N–H and O–H groups in total. The van der Waals surface area contributed by atoms with Crippen LogP contribution in [-0.2, 0) is 15.9 Å². The normalized spacial score (nSPS) is 13.9. The summed E-state index contributed by atoms with van der Waals surface area (Å²) in [5, 5.41) is 0. The molecular weight excluding hydrogens is 223 g/mol. The van der Waals surface area contributed by atoms with Gasteiger partial charge in [-0.05, 0) is 17.4 Å². The Kier molecular flexibility index (Phi) is 5.75.